The van der Waals surface area contributed by atoms with Crippen LogP contribution in [0.2, 0.25) is 0 Å². The van der Waals surface area contributed by atoms with Crippen molar-refractivity contribution in [3.8, 4) is 17.2 Å². The van der Waals surface area contributed by atoms with Crippen LogP contribution in [0, 0.1) is 0 Å². The molecule has 0 spiro atoms. The number of phenolic OH excluding ortho intramolecular Hbond substituents is 3. The number of rotatable bonds is 4. The van der Waals surface area contributed by atoms with Crippen molar-refractivity contribution in [3.63, 3.8) is 0 Å². The van der Waals surface area contributed by atoms with E-state index in [1.54, 1.807) is 18.2 Å². The largest absolute Gasteiger partial charge is 0.507 e. The molecule has 0 saturated carbocycles. The van der Waals surface area contributed by atoms with Gasteiger partial charge >= 0.3 is 0 Å². The molecule has 4 N–H and O–H groups in total. The topological polar surface area (TPSA) is 107 Å². The zero-order valence-corrected chi connectivity index (χ0v) is 11.4. The van der Waals surface area contributed by atoms with Crippen LogP contribution in [-0.2, 0) is 4.79 Å². The molecule has 0 aliphatic heterocycles. The molecule has 1 amide bonds. The molecule has 0 atom stereocenters. The summed E-state index contributed by atoms with van der Waals surface area (Å²) in [7, 11) is 0. The van der Waals surface area contributed by atoms with E-state index in [0.717, 1.165) is 12.1 Å². The van der Waals surface area contributed by atoms with Gasteiger partial charge in [-0.3, -0.25) is 9.59 Å². The van der Waals surface area contributed by atoms with Crippen LogP contribution in [0.3, 0.4) is 0 Å². The van der Waals surface area contributed by atoms with Crippen molar-refractivity contribution in [1.82, 2.24) is 0 Å². The second-order valence-electron chi connectivity index (χ2n) is 4.40. The quantitative estimate of drug-likeness (QED) is 0.299. The molecule has 2 rings (SSSR count). The number of hydrogen-bond acceptors (Lipinski definition) is 5. The van der Waals surface area contributed by atoms with Crippen LogP contribution in [0.5, 0.6) is 17.2 Å². The molecule has 0 bridgehead atoms. The monoisotopic (exact) mass is 299 g/mol. The fourth-order valence-corrected chi connectivity index (χ4v) is 1.90. The van der Waals surface area contributed by atoms with Gasteiger partial charge in [-0.05, 0) is 6.08 Å². The summed E-state index contributed by atoms with van der Waals surface area (Å²) in [6.07, 6.45) is 0.935. The Morgan fingerprint density at radius 3 is 2.27 bits per heavy atom. The van der Waals surface area contributed by atoms with Crippen molar-refractivity contribution < 1.29 is 24.9 Å². The standard InChI is InChI=1S/C16H13NO5/c1-2-12(20)17-14-11(19)8-10(18)13(16(14)22)15(21)9-6-4-3-5-7-9/h2-8,18-19,22H,1H2,(H,17,20). The van der Waals surface area contributed by atoms with Crippen LogP contribution < -0.4 is 5.32 Å². The molecular weight excluding hydrogens is 286 g/mol. The summed E-state index contributed by atoms with van der Waals surface area (Å²) in [4.78, 5) is 23.7. The van der Waals surface area contributed by atoms with E-state index in [2.05, 4.69) is 11.9 Å². The van der Waals surface area contributed by atoms with E-state index in [9.17, 15) is 24.9 Å². The Labute approximate surface area is 126 Å². The van der Waals surface area contributed by atoms with Crippen molar-refractivity contribution in [2.45, 2.75) is 0 Å². The summed E-state index contributed by atoms with van der Waals surface area (Å²) in [6, 6.07) is 8.86. The minimum absolute atomic E-state index is 0.236. The van der Waals surface area contributed by atoms with Crippen molar-refractivity contribution in [2.24, 2.45) is 0 Å². The third kappa shape index (κ3) is 2.76. The third-order valence-electron chi connectivity index (χ3n) is 2.96. The maximum atomic E-state index is 12.4. The molecule has 22 heavy (non-hydrogen) atoms. The van der Waals surface area contributed by atoms with Gasteiger partial charge in [0.05, 0.1) is 0 Å². The Bertz CT molecular complexity index is 753. The van der Waals surface area contributed by atoms with E-state index < -0.39 is 34.5 Å². The average Bonchev–Trinajstić information content (AvgIpc) is 2.51. The van der Waals surface area contributed by atoms with Gasteiger partial charge < -0.3 is 20.6 Å². The Hall–Kier alpha value is -3.28. The third-order valence-corrected chi connectivity index (χ3v) is 2.96. The first-order valence-corrected chi connectivity index (χ1v) is 6.26. The predicted molar refractivity (Wildman–Crippen MR) is 80.1 cm³/mol. The van der Waals surface area contributed by atoms with E-state index in [4.69, 9.17) is 0 Å². The van der Waals surface area contributed by atoms with Gasteiger partial charge in [0.2, 0.25) is 11.7 Å². The summed E-state index contributed by atoms with van der Waals surface area (Å²) in [6.45, 7) is 3.25. The minimum Gasteiger partial charge on any atom is -0.507 e. The van der Waals surface area contributed by atoms with Crippen molar-refractivity contribution in [3.05, 3.63) is 60.2 Å². The number of carbonyl (C=O) groups is 2. The van der Waals surface area contributed by atoms with Gasteiger partial charge in [0.1, 0.15) is 22.7 Å². The molecule has 6 nitrogen and oxygen atoms in total. The zero-order valence-electron chi connectivity index (χ0n) is 11.4. The van der Waals surface area contributed by atoms with Crippen molar-refractivity contribution >= 4 is 17.4 Å². The van der Waals surface area contributed by atoms with E-state index in [1.165, 1.54) is 12.1 Å². The number of benzene rings is 2. The Kier molecular flexibility index (Phi) is 4.13. The van der Waals surface area contributed by atoms with Crippen LogP contribution in [0.15, 0.2) is 49.1 Å². The fourth-order valence-electron chi connectivity index (χ4n) is 1.90. The molecule has 2 aromatic carbocycles. The lowest BCUT2D eigenvalue weighted by Gasteiger charge is -2.13. The average molecular weight is 299 g/mol. The maximum absolute atomic E-state index is 12.4. The molecule has 0 heterocycles. The first-order chi connectivity index (χ1) is 10.5. The van der Waals surface area contributed by atoms with E-state index in [0.29, 0.717) is 0 Å². The zero-order chi connectivity index (χ0) is 16.3. The van der Waals surface area contributed by atoms with E-state index >= 15 is 0 Å². The molecule has 0 fully saturated rings. The molecule has 6 heteroatoms. The summed E-state index contributed by atoms with van der Waals surface area (Å²) >= 11 is 0. The first kappa shape index (κ1) is 15.1. The number of phenols is 3. The first-order valence-electron chi connectivity index (χ1n) is 6.26. The van der Waals surface area contributed by atoms with Crippen LogP contribution in [0.25, 0.3) is 0 Å². The SMILES string of the molecule is C=CC(=O)Nc1c(O)cc(O)c(C(=O)c2ccccc2)c1O. The molecule has 0 radical (unpaired) electrons. The molecule has 0 unspecified atom stereocenters. The number of amides is 1. The highest BCUT2D eigenvalue weighted by Crippen LogP contribution is 2.42. The molecule has 112 valence electrons. The van der Waals surface area contributed by atoms with Gasteiger partial charge in [-0.2, -0.15) is 0 Å². The van der Waals surface area contributed by atoms with E-state index in [-0.39, 0.29) is 11.3 Å². The maximum Gasteiger partial charge on any atom is 0.247 e. The van der Waals surface area contributed by atoms with Gasteiger partial charge in [-0.25, -0.2) is 0 Å². The number of nitrogens with one attached hydrogen (secondary N) is 1. The molecule has 0 aromatic heterocycles. The molecular formula is C16H13NO5. The Balaban J connectivity index is 2.57. The van der Waals surface area contributed by atoms with Crippen LogP contribution >= 0.6 is 0 Å². The van der Waals surface area contributed by atoms with Crippen LogP contribution in [-0.4, -0.2) is 27.0 Å². The summed E-state index contributed by atoms with van der Waals surface area (Å²) in [5, 5.41) is 31.9. The second kappa shape index (κ2) is 6.01. The fraction of sp³-hybridized carbons (Fsp3) is 0. The predicted octanol–water partition coefficient (Wildman–Crippen LogP) is 2.16. The van der Waals surface area contributed by atoms with Gasteiger partial charge in [-0.15, -0.1) is 0 Å². The summed E-state index contributed by atoms with van der Waals surface area (Å²) in [5.41, 5.74) is -0.551. The molecule has 0 aliphatic carbocycles. The Morgan fingerprint density at radius 1 is 1.05 bits per heavy atom. The number of aromatic hydroxyl groups is 3. The number of carbonyl (C=O) groups excluding carboxylic acids is 2. The second-order valence-corrected chi connectivity index (χ2v) is 4.40. The van der Waals surface area contributed by atoms with E-state index in [1.807, 2.05) is 0 Å². The number of anilines is 1. The van der Waals surface area contributed by atoms with Gasteiger partial charge in [-0.1, -0.05) is 36.9 Å². The van der Waals surface area contributed by atoms with Crippen LogP contribution in [0.4, 0.5) is 5.69 Å². The lowest BCUT2D eigenvalue weighted by Crippen LogP contribution is -2.10. The van der Waals surface area contributed by atoms with Gasteiger partial charge in [0, 0.05) is 11.6 Å². The number of ketones is 1. The highest BCUT2D eigenvalue weighted by atomic mass is 16.3. The summed E-state index contributed by atoms with van der Waals surface area (Å²) < 4.78 is 0. The Morgan fingerprint density at radius 2 is 1.68 bits per heavy atom. The lowest BCUT2D eigenvalue weighted by molar-refractivity contribution is -0.111. The molecule has 2 aromatic rings. The normalized spacial score (nSPS) is 10.0. The minimum atomic E-state index is -0.721. The highest BCUT2D eigenvalue weighted by Gasteiger charge is 2.24. The molecule has 0 saturated heterocycles. The van der Waals surface area contributed by atoms with Gasteiger partial charge in [0.25, 0.3) is 0 Å². The summed E-state index contributed by atoms with van der Waals surface area (Å²) in [5.74, 6) is -3.23. The number of hydrogen-bond donors (Lipinski definition) is 4. The lowest BCUT2D eigenvalue weighted by atomic mass is 10.00. The van der Waals surface area contributed by atoms with Crippen molar-refractivity contribution in [1.29, 1.82) is 0 Å². The van der Waals surface area contributed by atoms with Crippen LogP contribution in [0.1, 0.15) is 15.9 Å². The van der Waals surface area contributed by atoms with Gasteiger partial charge in [0.15, 0.2) is 5.75 Å². The van der Waals surface area contributed by atoms with Crippen molar-refractivity contribution in [2.75, 3.05) is 5.32 Å². The molecule has 0 aliphatic rings. The smallest absolute Gasteiger partial charge is 0.247 e. The highest BCUT2D eigenvalue weighted by molar-refractivity contribution is 6.14.